The molecule has 1 atom stereocenters. The zero-order valence-corrected chi connectivity index (χ0v) is 12.2. The van der Waals surface area contributed by atoms with Crippen LogP contribution in [-0.2, 0) is 9.53 Å². The maximum absolute atomic E-state index is 11.1. The Morgan fingerprint density at radius 2 is 2.32 bits per heavy atom. The third kappa shape index (κ3) is 7.30. The van der Waals surface area contributed by atoms with E-state index in [2.05, 4.69) is 5.32 Å². The monoisotopic (exact) mass is 285 g/mol. The van der Waals surface area contributed by atoms with E-state index >= 15 is 0 Å². The van der Waals surface area contributed by atoms with Crippen LogP contribution in [0.3, 0.4) is 0 Å². The summed E-state index contributed by atoms with van der Waals surface area (Å²) in [5.41, 5.74) is 0.972. The van der Waals surface area contributed by atoms with Gasteiger partial charge < -0.3 is 15.2 Å². The summed E-state index contributed by atoms with van der Waals surface area (Å²) >= 11 is 1.59. The lowest BCUT2D eigenvalue weighted by atomic mass is 10.2. The molecule has 0 spiro atoms. The van der Waals surface area contributed by atoms with Gasteiger partial charge in [-0.25, -0.2) is 0 Å². The summed E-state index contributed by atoms with van der Waals surface area (Å²) in [6.07, 6.45) is 2.96. The average molecular weight is 285 g/mol. The normalized spacial score (nSPS) is 12.3. The van der Waals surface area contributed by atoms with Crippen molar-refractivity contribution in [1.82, 2.24) is 5.32 Å². The van der Waals surface area contributed by atoms with E-state index < -0.39 is 6.10 Å². The molecular formula is C14H23NO3S. The van der Waals surface area contributed by atoms with Crippen molar-refractivity contribution in [3.63, 3.8) is 0 Å². The first-order chi connectivity index (χ1) is 9.24. The molecule has 1 heterocycles. The molecule has 0 aliphatic heterocycles. The molecule has 1 unspecified atom stereocenters. The zero-order valence-electron chi connectivity index (χ0n) is 11.4. The number of esters is 1. The Kier molecular flexibility index (Phi) is 8.45. The zero-order chi connectivity index (χ0) is 13.9. The molecular weight excluding hydrogens is 262 g/mol. The second-order valence-corrected chi connectivity index (χ2v) is 5.17. The molecule has 0 amide bonds. The molecule has 1 aromatic heterocycles. The number of aliphatic hydroxyl groups excluding tert-OH is 1. The van der Waals surface area contributed by atoms with E-state index in [9.17, 15) is 9.90 Å². The molecule has 0 saturated heterocycles. The van der Waals surface area contributed by atoms with Gasteiger partial charge in [0.2, 0.25) is 0 Å². The minimum Gasteiger partial charge on any atom is -0.466 e. The Balaban J connectivity index is 1.93. The van der Waals surface area contributed by atoms with Gasteiger partial charge in [0.05, 0.1) is 12.7 Å². The molecule has 0 radical (unpaired) electrons. The van der Waals surface area contributed by atoms with E-state index in [1.54, 1.807) is 11.3 Å². The first kappa shape index (κ1) is 16.1. The van der Waals surface area contributed by atoms with Crippen LogP contribution in [0.4, 0.5) is 0 Å². The molecule has 5 heteroatoms. The number of nitrogens with one attached hydrogen (secondary N) is 1. The molecule has 1 aromatic rings. The van der Waals surface area contributed by atoms with E-state index in [4.69, 9.17) is 4.74 Å². The summed E-state index contributed by atoms with van der Waals surface area (Å²) in [6, 6.07) is 1.94. The second kappa shape index (κ2) is 9.95. The van der Waals surface area contributed by atoms with Gasteiger partial charge in [-0.3, -0.25) is 4.79 Å². The van der Waals surface area contributed by atoms with Crippen LogP contribution in [0.1, 0.15) is 44.3 Å². The van der Waals surface area contributed by atoms with E-state index in [1.165, 1.54) is 0 Å². The van der Waals surface area contributed by atoms with Gasteiger partial charge in [0.25, 0.3) is 0 Å². The molecule has 0 bridgehead atoms. The quantitative estimate of drug-likeness (QED) is 0.512. The largest absolute Gasteiger partial charge is 0.466 e. The topological polar surface area (TPSA) is 58.6 Å². The molecule has 2 N–H and O–H groups in total. The number of unbranched alkanes of at least 4 members (excludes halogenated alkanes) is 2. The van der Waals surface area contributed by atoms with Gasteiger partial charge in [-0.15, -0.1) is 0 Å². The van der Waals surface area contributed by atoms with Crippen molar-refractivity contribution in [1.29, 1.82) is 0 Å². The Labute approximate surface area is 118 Å². The fourth-order valence-electron chi connectivity index (χ4n) is 1.75. The summed E-state index contributed by atoms with van der Waals surface area (Å²) in [6.45, 7) is 3.72. The molecule has 0 aromatic carbocycles. The van der Waals surface area contributed by atoms with Crippen LogP contribution < -0.4 is 5.32 Å². The highest BCUT2D eigenvalue weighted by molar-refractivity contribution is 7.07. The number of aliphatic hydroxyl groups is 1. The Morgan fingerprint density at radius 3 is 3.00 bits per heavy atom. The fraction of sp³-hybridized carbons (Fsp3) is 0.643. The van der Waals surface area contributed by atoms with Gasteiger partial charge >= 0.3 is 5.97 Å². The number of hydrogen-bond acceptors (Lipinski definition) is 5. The highest BCUT2D eigenvalue weighted by Gasteiger charge is 2.06. The first-order valence-corrected chi connectivity index (χ1v) is 7.74. The summed E-state index contributed by atoms with van der Waals surface area (Å²) in [5.74, 6) is -0.108. The van der Waals surface area contributed by atoms with Crippen LogP contribution in [0.5, 0.6) is 0 Å². The maximum Gasteiger partial charge on any atom is 0.305 e. The van der Waals surface area contributed by atoms with Crippen LogP contribution in [0.25, 0.3) is 0 Å². The van der Waals surface area contributed by atoms with Gasteiger partial charge in [0.15, 0.2) is 0 Å². The Bertz CT molecular complexity index is 340. The van der Waals surface area contributed by atoms with Gasteiger partial charge in [0, 0.05) is 13.0 Å². The summed E-state index contributed by atoms with van der Waals surface area (Å²) in [7, 11) is 0. The lowest BCUT2D eigenvalue weighted by Gasteiger charge is -2.10. The Morgan fingerprint density at radius 1 is 1.47 bits per heavy atom. The SMILES string of the molecule is CCOC(=O)CCCCCNCC(O)c1ccsc1. The molecule has 19 heavy (non-hydrogen) atoms. The van der Waals surface area contributed by atoms with Crippen LogP contribution >= 0.6 is 11.3 Å². The Hall–Kier alpha value is -0.910. The fourth-order valence-corrected chi connectivity index (χ4v) is 2.46. The number of ether oxygens (including phenoxy) is 1. The predicted octanol–water partition coefficient (Wildman–Crippen LogP) is 2.49. The van der Waals surface area contributed by atoms with Crippen LogP contribution in [0.15, 0.2) is 16.8 Å². The summed E-state index contributed by atoms with van der Waals surface area (Å²) in [4.78, 5) is 11.1. The van der Waals surface area contributed by atoms with Crippen molar-refractivity contribution in [3.05, 3.63) is 22.4 Å². The van der Waals surface area contributed by atoms with Crippen molar-refractivity contribution in [2.24, 2.45) is 0 Å². The van der Waals surface area contributed by atoms with E-state index in [1.807, 2.05) is 23.8 Å². The van der Waals surface area contributed by atoms with Crippen molar-refractivity contribution < 1.29 is 14.6 Å². The number of carbonyl (C=O) groups excluding carboxylic acids is 1. The van der Waals surface area contributed by atoms with Crippen LogP contribution in [0.2, 0.25) is 0 Å². The second-order valence-electron chi connectivity index (χ2n) is 4.39. The van der Waals surface area contributed by atoms with Gasteiger partial charge in [-0.1, -0.05) is 6.42 Å². The standard InChI is InChI=1S/C14H23NO3S/c1-2-18-14(17)6-4-3-5-8-15-10-13(16)12-7-9-19-11-12/h7,9,11,13,15-16H,2-6,8,10H2,1H3. The van der Waals surface area contributed by atoms with Crippen molar-refractivity contribution >= 4 is 17.3 Å². The molecule has 108 valence electrons. The van der Waals surface area contributed by atoms with E-state index in [-0.39, 0.29) is 5.97 Å². The summed E-state index contributed by atoms with van der Waals surface area (Å²) < 4.78 is 4.86. The third-order valence-electron chi connectivity index (χ3n) is 2.81. The minimum absolute atomic E-state index is 0.108. The van der Waals surface area contributed by atoms with Crippen LogP contribution in [0, 0.1) is 0 Å². The van der Waals surface area contributed by atoms with Gasteiger partial charge in [0.1, 0.15) is 0 Å². The van der Waals surface area contributed by atoms with E-state index in [0.29, 0.717) is 19.6 Å². The average Bonchev–Trinajstić information content (AvgIpc) is 2.91. The van der Waals surface area contributed by atoms with E-state index in [0.717, 1.165) is 31.4 Å². The minimum atomic E-state index is -0.425. The lowest BCUT2D eigenvalue weighted by Crippen LogP contribution is -2.22. The molecule has 0 fully saturated rings. The molecule has 1 rings (SSSR count). The highest BCUT2D eigenvalue weighted by Crippen LogP contribution is 2.14. The molecule has 0 aliphatic rings. The van der Waals surface area contributed by atoms with Crippen molar-refractivity contribution in [2.45, 2.75) is 38.7 Å². The number of hydrogen-bond donors (Lipinski definition) is 2. The number of rotatable bonds is 10. The smallest absolute Gasteiger partial charge is 0.305 e. The summed E-state index contributed by atoms with van der Waals surface area (Å²) in [5, 5.41) is 17.0. The van der Waals surface area contributed by atoms with Crippen LogP contribution in [-0.4, -0.2) is 30.8 Å². The molecule has 4 nitrogen and oxygen atoms in total. The maximum atomic E-state index is 11.1. The lowest BCUT2D eigenvalue weighted by molar-refractivity contribution is -0.143. The number of carbonyl (C=O) groups is 1. The molecule has 0 aliphatic carbocycles. The highest BCUT2D eigenvalue weighted by atomic mass is 32.1. The van der Waals surface area contributed by atoms with Crippen molar-refractivity contribution in [3.8, 4) is 0 Å². The first-order valence-electron chi connectivity index (χ1n) is 6.80. The molecule has 0 saturated carbocycles. The van der Waals surface area contributed by atoms with Gasteiger partial charge in [-0.05, 0) is 48.7 Å². The predicted molar refractivity (Wildman–Crippen MR) is 77.2 cm³/mol. The van der Waals surface area contributed by atoms with Gasteiger partial charge in [-0.2, -0.15) is 11.3 Å². The number of thiophene rings is 1. The van der Waals surface area contributed by atoms with Crippen molar-refractivity contribution in [2.75, 3.05) is 19.7 Å². The third-order valence-corrected chi connectivity index (χ3v) is 3.51.